The number of hydrogen-bond donors (Lipinski definition) is 3. The average molecular weight is 566 g/mol. The largest absolute Gasteiger partial charge is 0.417 e. The first kappa shape index (κ1) is 27.8. The molecule has 0 aliphatic carbocycles. The summed E-state index contributed by atoms with van der Waals surface area (Å²) in [6.45, 7) is 2.65. The molecule has 212 valence electrons. The Balaban J connectivity index is 1.46. The zero-order valence-corrected chi connectivity index (χ0v) is 21.9. The van der Waals surface area contributed by atoms with Gasteiger partial charge in [-0.15, -0.1) is 0 Å². The fourth-order valence-corrected chi connectivity index (χ4v) is 4.52. The summed E-state index contributed by atoms with van der Waals surface area (Å²) in [5.41, 5.74) is 7.33. The Kier molecular flexibility index (Phi) is 7.70. The van der Waals surface area contributed by atoms with Gasteiger partial charge < -0.3 is 25.4 Å². The average Bonchev–Trinajstić information content (AvgIpc) is 3.08. The molecular weight excluding hydrogens is 539 g/mol. The lowest BCUT2D eigenvalue weighted by Crippen LogP contribution is -2.42. The number of benzene rings is 2. The van der Waals surface area contributed by atoms with E-state index in [1.165, 1.54) is 0 Å². The molecule has 13 heteroatoms. The molecule has 0 unspecified atom stereocenters. The Morgan fingerprint density at radius 1 is 1.20 bits per heavy atom. The normalized spacial score (nSPS) is 19.5. The Bertz CT molecular complexity index is 1530. The number of aromatic nitrogens is 1. The van der Waals surface area contributed by atoms with Gasteiger partial charge in [0.25, 0.3) is 11.9 Å². The predicted octanol–water partition coefficient (Wildman–Crippen LogP) is 3.80. The molecule has 0 radical (unpaired) electrons. The van der Waals surface area contributed by atoms with Gasteiger partial charge in [-0.2, -0.15) is 18.2 Å². The number of ether oxygens (including phenoxy) is 2. The molecule has 5 rings (SSSR count). The van der Waals surface area contributed by atoms with Gasteiger partial charge in [-0.1, -0.05) is 48.5 Å². The van der Waals surface area contributed by atoms with Crippen molar-refractivity contribution in [2.24, 2.45) is 15.7 Å². The number of nitrogens with one attached hydrogen (secondary N) is 2. The van der Waals surface area contributed by atoms with Crippen molar-refractivity contribution < 1.29 is 27.4 Å². The summed E-state index contributed by atoms with van der Waals surface area (Å²) in [7, 11) is 0. The van der Waals surface area contributed by atoms with Crippen molar-refractivity contribution in [1.29, 1.82) is 5.41 Å². The van der Waals surface area contributed by atoms with Crippen molar-refractivity contribution in [3.8, 4) is 0 Å². The molecule has 3 aromatic rings. The molecule has 2 aliphatic rings. The van der Waals surface area contributed by atoms with Gasteiger partial charge in [0.15, 0.2) is 0 Å². The van der Waals surface area contributed by atoms with Crippen molar-refractivity contribution in [2.75, 3.05) is 29.9 Å². The number of morpholine rings is 1. The van der Waals surface area contributed by atoms with Gasteiger partial charge in [0.1, 0.15) is 5.69 Å². The summed E-state index contributed by atoms with van der Waals surface area (Å²) in [6, 6.07) is 16.7. The number of carbonyl (C=O) groups is 1. The van der Waals surface area contributed by atoms with Gasteiger partial charge in [-0.3, -0.25) is 10.2 Å². The highest BCUT2D eigenvalue weighted by atomic mass is 19.4. The molecule has 1 amide bonds. The summed E-state index contributed by atoms with van der Waals surface area (Å²) in [5.74, 6) is -1.23. The fourth-order valence-electron chi connectivity index (χ4n) is 4.52. The second kappa shape index (κ2) is 11.4. The molecule has 10 nitrogen and oxygen atoms in total. The summed E-state index contributed by atoms with van der Waals surface area (Å²) < 4.78 is 51.3. The Hall–Kier alpha value is -4.78. The monoisotopic (exact) mass is 565 g/mol. The minimum Gasteiger partial charge on any atom is -0.405 e. The Morgan fingerprint density at radius 2 is 1.93 bits per heavy atom. The quantitative estimate of drug-likeness (QED) is 0.325. The molecule has 0 spiro atoms. The number of rotatable bonds is 4. The van der Waals surface area contributed by atoms with Gasteiger partial charge in [-0.05, 0) is 19.1 Å². The maximum absolute atomic E-state index is 13.5. The highest BCUT2D eigenvalue weighted by Gasteiger charge is 2.34. The lowest BCUT2D eigenvalue weighted by atomic mass is 10.0. The lowest BCUT2D eigenvalue weighted by Gasteiger charge is -2.34. The molecule has 2 atom stereocenters. The van der Waals surface area contributed by atoms with Crippen molar-refractivity contribution >= 4 is 34.9 Å². The van der Waals surface area contributed by atoms with E-state index in [-0.39, 0.29) is 37.2 Å². The maximum atomic E-state index is 13.5. The molecule has 2 aromatic carbocycles. The molecule has 2 aliphatic heterocycles. The van der Waals surface area contributed by atoms with Crippen LogP contribution in [0, 0.1) is 5.41 Å². The van der Waals surface area contributed by atoms with Crippen LogP contribution in [-0.2, 0) is 20.4 Å². The number of amides is 1. The molecule has 1 aromatic heterocycles. The van der Waals surface area contributed by atoms with Crippen molar-refractivity contribution in [2.45, 2.75) is 25.4 Å². The molecule has 3 heterocycles. The number of pyridine rings is 1. The van der Waals surface area contributed by atoms with E-state index >= 15 is 0 Å². The van der Waals surface area contributed by atoms with Gasteiger partial charge in [-0.25, -0.2) is 9.98 Å². The number of halogens is 3. The van der Waals surface area contributed by atoms with Crippen molar-refractivity contribution in [3.05, 3.63) is 89.2 Å². The third-order valence-corrected chi connectivity index (χ3v) is 6.42. The van der Waals surface area contributed by atoms with Crippen LogP contribution in [0.15, 0.2) is 76.8 Å². The van der Waals surface area contributed by atoms with Gasteiger partial charge in [0.05, 0.1) is 35.4 Å². The van der Waals surface area contributed by atoms with Crippen LogP contribution in [0.3, 0.4) is 0 Å². The number of amidine groups is 1. The predicted molar refractivity (Wildman–Crippen MR) is 147 cm³/mol. The van der Waals surface area contributed by atoms with Gasteiger partial charge in [0.2, 0.25) is 12.1 Å². The molecule has 0 bridgehead atoms. The lowest BCUT2D eigenvalue weighted by molar-refractivity contribution is -0.137. The van der Waals surface area contributed by atoms with Crippen LogP contribution in [0.2, 0.25) is 0 Å². The van der Waals surface area contributed by atoms with Crippen LogP contribution in [0.1, 0.15) is 29.3 Å². The first-order valence-corrected chi connectivity index (χ1v) is 12.7. The summed E-state index contributed by atoms with van der Waals surface area (Å²) in [4.78, 5) is 27.2. The van der Waals surface area contributed by atoms with E-state index in [2.05, 4.69) is 20.3 Å². The smallest absolute Gasteiger partial charge is 0.405 e. The summed E-state index contributed by atoms with van der Waals surface area (Å²) in [6.07, 6.45) is -5.63. The van der Waals surface area contributed by atoms with E-state index in [0.717, 1.165) is 11.6 Å². The number of aliphatic imine (C=N–C) groups is 2. The van der Waals surface area contributed by atoms with Gasteiger partial charge >= 0.3 is 6.18 Å². The number of para-hydroxylation sites is 1. The van der Waals surface area contributed by atoms with Crippen molar-refractivity contribution in [1.82, 2.24) is 4.98 Å². The van der Waals surface area contributed by atoms with Crippen LogP contribution in [0.25, 0.3) is 0 Å². The molecule has 41 heavy (non-hydrogen) atoms. The SMILES string of the molecule is C[C@@H]1CN(c2cc(C(F)(F)F)cnc2C(=N)OC(N)=N[C@H]2N=C(c3ccccc3)c3ccccc3NC2=O)CCO1. The third-order valence-electron chi connectivity index (χ3n) is 6.42. The van der Waals surface area contributed by atoms with Crippen molar-refractivity contribution in [3.63, 3.8) is 0 Å². The van der Waals surface area contributed by atoms with Crippen LogP contribution in [0.4, 0.5) is 24.5 Å². The highest BCUT2D eigenvalue weighted by molar-refractivity contribution is 6.19. The Morgan fingerprint density at radius 3 is 2.66 bits per heavy atom. The molecule has 1 saturated heterocycles. The van der Waals surface area contributed by atoms with Crippen LogP contribution < -0.4 is 16.0 Å². The van der Waals surface area contributed by atoms with E-state index in [0.29, 0.717) is 23.2 Å². The third kappa shape index (κ3) is 6.19. The van der Waals surface area contributed by atoms with Crippen LogP contribution in [-0.4, -0.2) is 60.5 Å². The molecule has 4 N–H and O–H groups in total. The number of carbonyl (C=O) groups excluding carboxylic acids is 1. The minimum absolute atomic E-state index is 0.0415. The van der Waals surface area contributed by atoms with E-state index < -0.39 is 35.7 Å². The number of anilines is 2. The zero-order valence-electron chi connectivity index (χ0n) is 21.9. The maximum Gasteiger partial charge on any atom is 0.417 e. The summed E-state index contributed by atoms with van der Waals surface area (Å²) in [5, 5.41) is 11.2. The standard InChI is InChI=1S/C28H26F3N7O3/c1-16-15-38(11-12-40-16)21-13-18(28(29,30)31)14-34-23(21)24(32)41-27(33)37-25-26(39)35-20-10-6-5-9-19(20)22(36-25)17-7-3-2-4-8-17/h2-10,13-14,16,25,32H,11-12,15H2,1H3,(H2,33,37)(H,35,39)/t16-,25-/m1/s1. The topological polar surface area (TPSA) is 138 Å². The summed E-state index contributed by atoms with van der Waals surface area (Å²) >= 11 is 0. The van der Waals surface area contributed by atoms with Gasteiger partial charge in [0, 0.05) is 30.4 Å². The first-order valence-electron chi connectivity index (χ1n) is 12.7. The highest BCUT2D eigenvalue weighted by Crippen LogP contribution is 2.33. The first-order chi connectivity index (χ1) is 19.6. The number of nitrogens with two attached hydrogens (primary N) is 1. The number of alkyl halides is 3. The molecule has 0 saturated carbocycles. The number of fused-ring (bicyclic) bond motifs is 1. The van der Waals surface area contributed by atoms with E-state index in [1.54, 1.807) is 24.0 Å². The van der Waals surface area contributed by atoms with Crippen LogP contribution >= 0.6 is 0 Å². The Labute approximate surface area is 233 Å². The minimum atomic E-state index is -4.64. The zero-order chi connectivity index (χ0) is 29.1. The fraction of sp³-hybridized carbons (Fsp3) is 0.250. The van der Waals surface area contributed by atoms with E-state index in [9.17, 15) is 18.0 Å². The molecular formula is C28H26F3N7O3. The number of hydrogen-bond acceptors (Lipinski definition) is 8. The van der Waals surface area contributed by atoms with E-state index in [4.69, 9.17) is 20.6 Å². The number of nitrogens with zero attached hydrogens (tertiary/aromatic N) is 4. The second-order valence-electron chi connectivity index (χ2n) is 9.37. The number of benzodiazepines with no additional fused rings is 1. The second-order valence-corrected chi connectivity index (χ2v) is 9.37. The van der Waals surface area contributed by atoms with E-state index in [1.807, 2.05) is 42.5 Å². The molecule has 1 fully saturated rings. The van der Waals surface area contributed by atoms with Crippen LogP contribution in [0.5, 0.6) is 0 Å².